The minimum atomic E-state index is -1.40. The van der Waals surface area contributed by atoms with Crippen LogP contribution in [0.1, 0.15) is 12.8 Å². The molecule has 1 unspecified atom stereocenters. The van der Waals surface area contributed by atoms with Crippen LogP contribution in [0.15, 0.2) is 0 Å². The van der Waals surface area contributed by atoms with Crippen LogP contribution in [0.5, 0.6) is 0 Å². The standard InChI is InChI=1S/C10H17NO8/c12-3-5-7(15)8(16)9(19-5)11-4(10(17)18)1-2-6(13)14/h4-5,7-9,11-12,15-16H,1-3H2,(H,13,14)(H,17,18)/t4-,5+,7+,8+,9?/m0/s1. The Bertz CT molecular complexity index is 335. The predicted octanol–water partition coefficient (Wildman–Crippen LogP) is -2.67. The summed E-state index contributed by atoms with van der Waals surface area (Å²) in [5.41, 5.74) is 0. The smallest absolute Gasteiger partial charge is 0.320 e. The third kappa shape index (κ3) is 4.11. The zero-order chi connectivity index (χ0) is 14.6. The minimum Gasteiger partial charge on any atom is -0.481 e. The van der Waals surface area contributed by atoms with Crippen LogP contribution in [-0.4, -0.2) is 74.7 Å². The van der Waals surface area contributed by atoms with Crippen molar-refractivity contribution >= 4 is 11.9 Å². The molecule has 1 heterocycles. The lowest BCUT2D eigenvalue weighted by Crippen LogP contribution is -2.49. The van der Waals surface area contributed by atoms with Gasteiger partial charge >= 0.3 is 11.9 Å². The monoisotopic (exact) mass is 279 g/mol. The molecule has 0 aromatic heterocycles. The summed E-state index contributed by atoms with van der Waals surface area (Å²) in [6, 6.07) is -1.24. The van der Waals surface area contributed by atoms with Crippen molar-refractivity contribution in [3.05, 3.63) is 0 Å². The number of carbonyl (C=O) groups is 2. The average molecular weight is 279 g/mol. The SMILES string of the molecule is O=C(O)CC[C@H](NC1O[C@H](CO)[C@@H](O)[C@H]1O)C(=O)O. The normalized spacial score (nSPS) is 32.2. The third-order valence-electron chi connectivity index (χ3n) is 2.85. The zero-order valence-electron chi connectivity index (χ0n) is 9.97. The van der Waals surface area contributed by atoms with Gasteiger partial charge in [-0.3, -0.25) is 14.9 Å². The summed E-state index contributed by atoms with van der Waals surface area (Å²) < 4.78 is 5.05. The number of carboxylic acid groups (broad SMARTS) is 2. The van der Waals surface area contributed by atoms with Gasteiger partial charge in [0.15, 0.2) is 0 Å². The number of aliphatic carboxylic acids is 2. The predicted molar refractivity (Wildman–Crippen MR) is 59.2 cm³/mol. The molecule has 0 radical (unpaired) electrons. The van der Waals surface area contributed by atoms with Gasteiger partial charge in [0.1, 0.15) is 30.6 Å². The number of aliphatic hydroxyl groups excluding tert-OH is 3. The lowest BCUT2D eigenvalue weighted by atomic mass is 10.1. The molecule has 6 N–H and O–H groups in total. The molecule has 0 aromatic rings. The maximum atomic E-state index is 10.9. The molecule has 1 aliphatic heterocycles. The summed E-state index contributed by atoms with van der Waals surface area (Å²) >= 11 is 0. The molecular formula is C10H17NO8. The van der Waals surface area contributed by atoms with E-state index in [2.05, 4.69) is 5.32 Å². The van der Waals surface area contributed by atoms with Gasteiger partial charge in [-0.05, 0) is 6.42 Å². The van der Waals surface area contributed by atoms with Crippen LogP contribution in [-0.2, 0) is 14.3 Å². The van der Waals surface area contributed by atoms with E-state index in [1.165, 1.54) is 0 Å². The maximum absolute atomic E-state index is 10.9. The fourth-order valence-corrected chi connectivity index (χ4v) is 1.78. The molecular weight excluding hydrogens is 262 g/mol. The number of nitrogens with one attached hydrogen (secondary N) is 1. The zero-order valence-corrected chi connectivity index (χ0v) is 9.97. The number of hydrogen-bond donors (Lipinski definition) is 6. The summed E-state index contributed by atoms with van der Waals surface area (Å²) in [6.07, 6.45) is -5.49. The third-order valence-corrected chi connectivity index (χ3v) is 2.85. The summed E-state index contributed by atoms with van der Waals surface area (Å²) in [7, 11) is 0. The Balaban J connectivity index is 2.59. The molecule has 9 nitrogen and oxygen atoms in total. The summed E-state index contributed by atoms with van der Waals surface area (Å²) in [6.45, 7) is -0.525. The number of rotatable bonds is 7. The van der Waals surface area contributed by atoms with Crippen LogP contribution in [0.2, 0.25) is 0 Å². The van der Waals surface area contributed by atoms with E-state index in [1.807, 2.05) is 0 Å². The van der Waals surface area contributed by atoms with E-state index < -0.39 is 49.1 Å². The quantitative estimate of drug-likeness (QED) is 0.292. The summed E-state index contributed by atoms with van der Waals surface area (Å²) in [4.78, 5) is 21.3. The van der Waals surface area contributed by atoms with Gasteiger partial charge in [-0.15, -0.1) is 0 Å². The van der Waals surface area contributed by atoms with Gasteiger partial charge in [0, 0.05) is 6.42 Å². The summed E-state index contributed by atoms with van der Waals surface area (Å²) in [5, 5.41) is 47.8. The first kappa shape index (κ1) is 15.8. The number of aliphatic hydroxyl groups is 3. The second-order valence-electron chi connectivity index (χ2n) is 4.25. The van der Waals surface area contributed by atoms with Crippen molar-refractivity contribution < 1.29 is 39.9 Å². The van der Waals surface area contributed by atoms with E-state index in [-0.39, 0.29) is 12.8 Å². The first-order chi connectivity index (χ1) is 8.86. The summed E-state index contributed by atoms with van der Waals surface area (Å²) in [5.74, 6) is -2.44. The Morgan fingerprint density at radius 2 is 1.84 bits per heavy atom. The molecule has 0 bridgehead atoms. The van der Waals surface area contributed by atoms with Gasteiger partial charge in [0.25, 0.3) is 0 Å². The van der Waals surface area contributed by atoms with Crippen molar-refractivity contribution in [3.63, 3.8) is 0 Å². The largest absolute Gasteiger partial charge is 0.481 e. The van der Waals surface area contributed by atoms with Crippen LogP contribution in [0.4, 0.5) is 0 Å². The van der Waals surface area contributed by atoms with E-state index in [1.54, 1.807) is 0 Å². The highest BCUT2D eigenvalue weighted by molar-refractivity contribution is 5.75. The molecule has 0 amide bonds. The Morgan fingerprint density at radius 1 is 1.21 bits per heavy atom. The fourth-order valence-electron chi connectivity index (χ4n) is 1.78. The fraction of sp³-hybridized carbons (Fsp3) is 0.800. The van der Waals surface area contributed by atoms with Gasteiger partial charge in [0.05, 0.1) is 6.61 Å². The number of carboxylic acids is 2. The minimum absolute atomic E-state index is 0.197. The number of ether oxygens (including phenoxy) is 1. The average Bonchev–Trinajstić information content (AvgIpc) is 2.61. The Morgan fingerprint density at radius 3 is 2.26 bits per heavy atom. The topological polar surface area (TPSA) is 157 Å². The molecule has 0 aromatic carbocycles. The Labute approximate surface area is 108 Å². The van der Waals surface area contributed by atoms with Crippen LogP contribution >= 0.6 is 0 Å². The molecule has 9 heteroatoms. The lowest BCUT2D eigenvalue weighted by molar-refractivity contribution is -0.142. The second kappa shape index (κ2) is 6.78. The van der Waals surface area contributed by atoms with E-state index in [0.29, 0.717) is 0 Å². The first-order valence-corrected chi connectivity index (χ1v) is 5.70. The van der Waals surface area contributed by atoms with E-state index in [9.17, 15) is 19.8 Å². The molecule has 19 heavy (non-hydrogen) atoms. The van der Waals surface area contributed by atoms with Crippen molar-refractivity contribution in [2.45, 2.75) is 43.4 Å². The van der Waals surface area contributed by atoms with Gasteiger partial charge in [-0.1, -0.05) is 0 Å². The molecule has 1 fully saturated rings. The number of hydrogen-bond acceptors (Lipinski definition) is 7. The molecule has 0 saturated carbocycles. The van der Waals surface area contributed by atoms with Gasteiger partial charge in [-0.2, -0.15) is 0 Å². The van der Waals surface area contributed by atoms with Gasteiger partial charge < -0.3 is 30.3 Å². The molecule has 5 atom stereocenters. The van der Waals surface area contributed by atoms with E-state index in [4.69, 9.17) is 20.1 Å². The molecule has 110 valence electrons. The van der Waals surface area contributed by atoms with Gasteiger partial charge in [-0.25, -0.2) is 0 Å². The molecule has 1 rings (SSSR count). The Kier molecular flexibility index (Phi) is 5.63. The van der Waals surface area contributed by atoms with Crippen molar-refractivity contribution in [3.8, 4) is 0 Å². The van der Waals surface area contributed by atoms with Crippen LogP contribution in [0, 0.1) is 0 Å². The van der Waals surface area contributed by atoms with Crippen LogP contribution < -0.4 is 5.32 Å². The maximum Gasteiger partial charge on any atom is 0.320 e. The molecule has 0 aliphatic carbocycles. The molecule has 0 spiro atoms. The van der Waals surface area contributed by atoms with Gasteiger partial charge in [0.2, 0.25) is 0 Å². The van der Waals surface area contributed by atoms with Crippen LogP contribution in [0.3, 0.4) is 0 Å². The first-order valence-electron chi connectivity index (χ1n) is 5.70. The lowest BCUT2D eigenvalue weighted by Gasteiger charge is -2.21. The van der Waals surface area contributed by atoms with Crippen molar-refractivity contribution in [2.24, 2.45) is 0 Å². The molecule has 1 aliphatic rings. The highest BCUT2D eigenvalue weighted by Crippen LogP contribution is 2.20. The van der Waals surface area contributed by atoms with E-state index >= 15 is 0 Å². The Hall–Kier alpha value is -1.26. The highest BCUT2D eigenvalue weighted by atomic mass is 16.6. The van der Waals surface area contributed by atoms with Crippen molar-refractivity contribution in [2.75, 3.05) is 6.61 Å². The van der Waals surface area contributed by atoms with Crippen LogP contribution in [0.25, 0.3) is 0 Å². The van der Waals surface area contributed by atoms with Crippen molar-refractivity contribution in [1.29, 1.82) is 0 Å². The second-order valence-corrected chi connectivity index (χ2v) is 4.25. The van der Waals surface area contributed by atoms with Crippen molar-refractivity contribution in [1.82, 2.24) is 5.32 Å². The highest BCUT2D eigenvalue weighted by Gasteiger charge is 2.43. The van der Waals surface area contributed by atoms with E-state index in [0.717, 1.165) is 0 Å². The molecule has 1 saturated heterocycles.